The van der Waals surface area contributed by atoms with E-state index in [4.69, 9.17) is 0 Å². The predicted molar refractivity (Wildman–Crippen MR) is 68.8 cm³/mol. The molecule has 0 saturated carbocycles. The van der Waals surface area contributed by atoms with Gasteiger partial charge in [0.1, 0.15) is 4.90 Å². The van der Waals surface area contributed by atoms with E-state index >= 15 is 0 Å². The Hall–Kier alpha value is -0.920. The molecule has 1 aromatic heterocycles. The summed E-state index contributed by atoms with van der Waals surface area (Å²) in [5.74, 6) is 0. The monoisotopic (exact) mass is 275 g/mol. The minimum Gasteiger partial charge on any atom is -0.389 e. The fraction of sp³-hybridized carbons (Fsp3) is 0.727. The van der Waals surface area contributed by atoms with Gasteiger partial charge in [0, 0.05) is 13.1 Å². The maximum Gasteiger partial charge on any atom is 0.246 e. The Bertz CT molecular complexity index is 495. The SMILES string of the molecule is CCN(CC(C)(C)O)S(=O)(=O)c1c(C)n[nH]c1C. The second-order valence-corrected chi connectivity index (χ2v) is 6.88. The second-order valence-electron chi connectivity index (χ2n) is 5.01. The fourth-order valence-corrected chi connectivity index (χ4v) is 3.78. The molecule has 0 atom stereocenters. The Kier molecular flexibility index (Phi) is 4.19. The first-order valence-electron chi connectivity index (χ1n) is 5.83. The van der Waals surface area contributed by atoms with Gasteiger partial charge in [0.15, 0.2) is 0 Å². The van der Waals surface area contributed by atoms with Crippen LogP contribution < -0.4 is 0 Å². The van der Waals surface area contributed by atoms with Crippen molar-refractivity contribution >= 4 is 10.0 Å². The van der Waals surface area contributed by atoms with E-state index in [0.717, 1.165) is 0 Å². The number of aliphatic hydroxyl groups is 1. The van der Waals surface area contributed by atoms with Gasteiger partial charge >= 0.3 is 0 Å². The number of likely N-dealkylation sites (N-methyl/N-ethyl adjacent to an activating group) is 1. The minimum atomic E-state index is -3.62. The van der Waals surface area contributed by atoms with Crippen LogP contribution in [0, 0.1) is 13.8 Å². The lowest BCUT2D eigenvalue weighted by Crippen LogP contribution is -2.42. The van der Waals surface area contributed by atoms with Crippen molar-refractivity contribution in [2.75, 3.05) is 13.1 Å². The van der Waals surface area contributed by atoms with Crippen LogP contribution in [0.2, 0.25) is 0 Å². The van der Waals surface area contributed by atoms with Crippen molar-refractivity contribution in [1.29, 1.82) is 0 Å². The number of aryl methyl sites for hydroxylation is 2. The molecule has 1 aromatic rings. The Morgan fingerprint density at radius 3 is 2.28 bits per heavy atom. The van der Waals surface area contributed by atoms with E-state index < -0.39 is 15.6 Å². The van der Waals surface area contributed by atoms with Crippen LogP contribution in [0.5, 0.6) is 0 Å². The summed E-state index contributed by atoms with van der Waals surface area (Å²) < 4.78 is 26.3. The zero-order chi connectivity index (χ0) is 14.1. The number of sulfonamides is 1. The lowest BCUT2D eigenvalue weighted by molar-refractivity contribution is 0.0601. The summed E-state index contributed by atoms with van der Waals surface area (Å²) in [6, 6.07) is 0. The minimum absolute atomic E-state index is 0.0515. The maximum atomic E-state index is 12.5. The van der Waals surface area contributed by atoms with Crippen molar-refractivity contribution in [2.24, 2.45) is 0 Å². The van der Waals surface area contributed by atoms with Crippen molar-refractivity contribution in [3.63, 3.8) is 0 Å². The van der Waals surface area contributed by atoms with Crippen molar-refractivity contribution < 1.29 is 13.5 Å². The van der Waals surface area contributed by atoms with Crippen LogP contribution in [0.25, 0.3) is 0 Å². The van der Waals surface area contributed by atoms with Gasteiger partial charge in [-0.1, -0.05) is 6.92 Å². The van der Waals surface area contributed by atoms with Crippen LogP contribution in [0.3, 0.4) is 0 Å². The standard InChI is InChI=1S/C11H21N3O3S/c1-6-14(7-11(4,5)15)18(16,17)10-8(2)12-13-9(10)3/h15H,6-7H2,1-5H3,(H,12,13). The van der Waals surface area contributed by atoms with E-state index in [2.05, 4.69) is 10.2 Å². The molecule has 104 valence electrons. The third-order valence-corrected chi connectivity index (χ3v) is 4.76. The van der Waals surface area contributed by atoms with Gasteiger partial charge < -0.3 is 5.11 Å². The van der Waals surface area contributed by atoms with E-state index in [1.807, 2.05) is 0 Å². The van der Waals surface area contributed by atoms with Crippen LogP contribution in [-0.2, 0) is 10.0 Å². The second kappa shape index (κ2) is 4.99. The van der Waals surface area contributed by atoms with Crippen LogP contribution in [0.15, 0.2) is 4.90 Å². The molecule has 0 aliphatic heterocycles. The van der Waals surface area contributed by atoms with Gasteiger partial charge in [0.25, 0.3) is 0 Å². The highest BCUT2D eigenvalue weighted by Crippen LogP contribution is 2.22. The summed E-state index contributed by atoms with van der Waals surface area (Å²) in [7, 11) is -3.62. The molecular weight excluding hydrogens is 254 g/mol. The zero-order valence-electron chi connectivity index (χ0n) is 11.5. The first kappa shape index (κ1) is 15.1. The summed E-state index contributed by atoms with van der Waals surface area (Å²) in [5, 5.41) is 16.4. The average molecular weight is 275 g/mol. The van der Waals surface area contributed by atoms with Crippen molar-refractivity contribution in [2.45, 2.75) is 45.1 Å². The highest BCUT2D eigenvalue weighted by atomic mass is 32.2. The number of rotatable bonds is 5. The van der Waals surface area contributed by atoms with Gasteiger partial charge in [-0.25, -0.2) is 8.42 Å². The van der Waals surface area contributed by atoms with E-state index in [1.54, 1.807) is 34.6 Å². The van der Waals surface area contributed by atoms with Crippen molar-refractivity contribution in [1.82, 2.24) is 14.5 Å². The molecule has 6 nitrogen and oxygen atoms in total. The molecule has 7 heteroatoms. The Balaban J connectivity index is 3.20. The van der Waals surface area contributed by atoms with E-state index in [1.165, 1.54) is 4.31 Å². The molecule has 0 radical (unpaired) electrons. The molecule has 0 aliphatic carbocycles. The third-order valence-electron chi connectivity index (χ3n) is 2.57. The number of aromatic nitrogens is 2. The van der Waals surface area contributed by atoms with E-state index in [0.29, 0.717) is 17.9 Å². The molecule has 0 bridgehead atoms. The molecule has 1 rings (SSSR count). The normalized spacial score (nSPS) is 13.3. The molecule has 1 heterocycles. The third kappa shape index (κ3) is 3.09. The Morgan fingerprint density at radius 2 is 1.94 bits per heavy atom. The molecule has 0 unspecified atom stereocenters. The molecule has 0 aliphatic rings. The number of nitrogens with one attached hydrogen (secondary N) is 1. The summed E-state index contributed by atoms with van der Waals surface area (Å²) in [4.78, 5) is 0.202. The first-order valence-corrected chi connectivity index (χ1v) is 7.27. The molecule has 0 spiro atoms. The highest BCUT2D eigenvalue weighted by Gasteiger charge is 2.31. The summed E-state index contributed by atoms with van der Waals surface area (Å²) >= 11 is 0. The van der Waals surface area contributed by atoms with Crippen LogP contribution in [-0.4, -0.2) is 46.7 Å². The largest absolute Gasteiger partial charge is 0.389 e. The quantitative estimate of drug-likeness (QED) is 0.832. The number of hydrogen-bond donors (Lipinski definition) is 2. The molecule has 0 fully saturated rings. The number of hydrogen-bond acceptors (Lipinski definition) is 4. The molecule has 18 heavy (non-hydrogen) atoms. The highest BCUT2D eigenvalue weighted by molar-refractivity contribution is 7.89. The van der Waals surface area contributed by atoms with E-state index in [9.17, 15) is 13.5 Å². The van der Waals surface area contributed by atoms with Gasteiger partial charge in [-0.15, -0.1) is 0 Å². The zero-order valence-corrected chi connectivity index (χ0v) is 12.3. The molecule has 0 amide bonds. The van der Waals surface area contributed by atoms with Gasteiger partial charge in [-0.05, 0) is 27.7 Å². The summed E-state index contributed by atoms with van der Waals surface area (Å²) in [5.41, 5.74) is -0.113. The first-order chi connectivity index (χ1) is 8.09. The molecule has 0 aromatic carbocycles. The van der Waals surface area contributed by atoms with Crippen molar-refractivity contribution in [3.05, 3.63) is 11.4 Å². The summed E-state index contributed by atoms with van der Waals surface area (Å²) in [6.45, 7) is 8.58. The Labute approximate surface area is 108 Å². The van der Waals surface area contributed by atoms with Gasteiger partial charge in [0.2, 0.25) is 10.0 Å². The molecule has 2 N–H and O–H groups in total. The Morgan fingerprint density at radius 1 is 1.39 bits per heavy atom. The molecular formula is C11H21N3O3S. The fourth-order valence-electron chi connectivity index (χ4n) is 1.85. The van der Waals surface area contributed by atoms with Crippen LogP contribution in [0.1, 0.15) is 32.2 Å². The number of nitrogens with zero attached hydrogens (tertiary/aromatic N) is 2. The van der Waals surface area contributed by atoms with Gasteiger partial charge in [-0.3, -0.25) is 5.10 Å². The van der Waals surface area contributed by atoms with Crippen LogP contribution in [0.4, 0.5) is 0 Å². The van der Waals surface area contributed by atoms with Gasteiger partial charge in [0.05, 0.1) is 17.0 Å². The maximum absolute atomic E-state index is 12.5. The van der Waals surface area contributed by atoms with E-state index in [-0.39, 0.29) is 11.4 Å². The van der Waals surface area contributed by atoms with Crippen LogP contribution >= 0.6 is 0 Å². The van der Waals surface area contributed by atoms with Crippen molar-refractivity contribution in [3.8, 4) is 0 Å². The van der Waals surface area contributed by atoms with Gasteiger partial charge in [-0.2, -0.15) is 9.40 Å². The summed E-state index contributed by atoms with van der Waals surface area (Å²) in [6.07, 6.45) is 0. The lowest BCUT2D eigenvalue weighted by Gasteiger charge is -2.27. The predicted octanol–water partition coefficient (Wildman–Crippen LogP) is 0.808. The number of H-pyrrole nitrogens is 1. The molecule has 0 saturated heterocycles. The topological polar surface area (TPSA) is 86.3 Å². The average Bonchev–Trinajstić information content (AvgIpc) is 2.53. The smallest absolute Gasteiger partial charge is 0.246 e. The number of aromatic amines is 1. The lowest BCUT2D eigenvalue weighted by atomic mass is 10.1.